The Kier molecular flexibility index (Phi) is 5.03. The number of nitrogen functional groups attached to an aromatic ring is 1. The molecule has 158 valence electrons. The predicted octanol–water partition coefficient (Wildman–Crippen LogP) is 4.20. The van der Waals surface area contributed by atoms with Crippen molar-refractivity contribution in [3.05, 3.63) is 53.6 Å². The lowest BCUT2D eigenvalue weighted by molar-refractivity contribution is 0.174. The summed E-state index contributed by atoms with van der Waals surface area (Å²) in [4.78, 5) is 13.9. The highest BCUT2D eigenvalue weighted by Gasteiger charge is 2.25. The van der Waals surface area contributed by atoms with Gasteiger partial charge >= 0.3 is 0 Å². The van der Waals surface area contributed by atoms with Gasteiger partial charge in [-0.2, -0.15) is 0 Å². The van der Waals surface area contributed by atoms with E-state index in [1.54, 1.807) is 7.11 Å². The van der Waals surface area contributed by atoms with E-state index in [2.05, 4.69) is 15.3 Å². The fraction of sp³-hybridized carbons (Fsp3) is 0.227. The van der Waals surface area contributed by atoms with Crippen molar-refractivity contribution < 1.29 is 14.2 Å². The zero-order chi connectivity index (χ0) is 21.4. The van der Waals surface area contributed by atoms with Gasteiger partial charge in [0.2, 0.25) is 6.79 Å². The minimum Gasteiger partial charge on any atom is -0.497 e. The normalized spacial score (nSPS) is 16.7. The highest BCUT2D eigenvalue weighted by molar-refractivity contribution is 7.98. The van der Waals surface area contributed by atoms with Crippen LogP contribution in [0.15, 0.2) is 52.6 Å². The summed E-state index contributed by atoms with van der Waals surface area (Å²) in [6, 6.07) is 13.7. The third kappa shape index (κ3) is 3.72. The minimum absolute atomic E-state index is 0.0691. The molecule has 3 aromatic rings. The Labute approximate surface area is 183 Å². The van der Waals surface area contributed by atoms with Crippen LogP contribution >= 0.6 is 11.8 Å². The quantitative estimate of drug-likeness (QED) is 0.464. The van der Waals surface area contributed by atoms with Crippen LogP contribution in [0.25, 0.3) is 0 Å². The van der Waals surface area contributed by atoms with E-state index in [-0.39, 0.29) is 12.8 Å². The van der Waals surface area contributed by atoms with Crippen molar-refractivity contribution in [2.75, 3.05) is 31.2 Å². The molecule has 2 aliphatic rings. The molecule has 2 aromatic carbocycles. The molecule has 3 N–H and O–H groups in total. The number of aromatic nitrogens is 2. The fourth-order valence-corrected chi connectivity index (χ4v) is 4.01. The van der Waals surface area contributed by atoms with Gasteiger partial charge in [0, 0.05) is 6.42 Å². The van der Waals surface area contributed by atoms with Gasteiger partial charge in [-0.25, -0.2) is 15.0 Å². The first-order valence-electron chi connectivity index (χ1n) is 9.74. The Balaban J connectivity index is 1.61. The minimum atomic E-state index is -0.0691. The second kappa shape index (κ2) is 7.99. The smallest absolute Gasteiger partial charge is 0.231 e. The lowest BCUT2D eigenvalue weighted by Crippen LogP contribution is -2.15. The zero-order valence-electron chi connectivity index (χ0n) is 17.1. The SMILES string of the molecule is COc1ccc(C2CC(c3ccc4c(c3)OCO4)=Nc3c(N)nc(SC)nc3N2)cc1. The third-order valence-electron chi connectivity index (χ3n) is 5.25. The van der Waals surface area contributed by atoms with Crippen LogP contribution in [-0.4, -0.2) is 35.8 Å². The summed E-state index contributed by atoms with van der Waals surface area (Å²) >= 11 is 1.44. The number of benzene rings is 2. The van der Waals surface area contributed by atoms with Crippen LogP contribution < -0.4 is 25.3 Å². The number of nitrogens with zero attached hydrogens (tertiary/aromatic N) is 3. The zero-order valence-corrected chi connectivity index (χ0v) is 17.9. The maximum absolute atomic E-state index is 6.27. The van der Waals surface area contributed by atoms with Gasteiger partial charge in [-0.1, -0.05) is 23.9 Å². The number of rotatable bonds is 4. The Morgan fingerprint density at radius 2 is 1.90 bits per heavy atom. The largest absolute Gasteiger partial charge is 0.497 e. The van der Waals surface area contributed by atoms with Crippen LogP contribution in [0.4, 0.5) is 17.3 Å². The summed E-state index contributed by atoms with van der Waals surface area (Å²) in [7, 11) is 1.66. The van der Waals surface area contributed by atoms with E-state index in [0.29, 0.717) is 34.6 Å². The van der Waals surface area contributed by atoms with Crippen LogP contribution in [0, 0.1) is 0 Å². The molecule has 9 heteroatoms. The molecule has 31 heavy (non-hydrogen) atoms. The van der Waals surface area contributed by atoms with Crippen LogP contribution in [0.3, 0.4) is 0 Å². The monoisotopic (exact) mass is 435 g/mol. The van der Waals surface area contributed by atoms with Crippen molar-refractivity contribution in [3.63, 3.8) is 0 Å². The number of aliphatic imine (C=N–C) groups is 1. The molecule has 0 saturated carbocycles. The number of nitrogens with one attached hydrogen (secondary N) is 1. The Bertz CT molecular complexity index is 1170. The van der Waals surface area contributed by atoms with Crippen LogP contribution in [-0.2, 0) is 0 Å². The summed E-state index contributed by atoms with van der Waals surface area (Å²) in [5.74, 6) is 3.21. The number of nitrogens with two attached hydrogens (primary N) is 1. The van der Waals surface area contributed by atoms with E-state index in [4.69, 9.17) is 24.9 Å². The second-order valence-corrected chi connectivity index (χ2v) is 7.87. The molecule has 0 saturated heterocycles. The number of thioether (sulfide) groups is 1. The first-order chi connectivity index (χ1) is 15.1. The van der Waals surface area contributed by atoms with Crippen LogP contribution in [0.1, 0.15) is 23.6 Å². The predicted molar refractivity (Wildman–Crippen MR) is 121 cm³/mol. The van der Waals surface area contributed by atoms with Crippen LogP contribution in [0.2, 0.25) is 0 Å². The van der Waals surface area contributed by atoms with E-state index in [1.165, 1.54) is 11.8 Å². The van der Waals surface area contributed by atoms with Gasteiger partial charge in [0.15, 0.2) is 28.3 Å². The summed E-state index contributed by atoms with van der Waals surface area (Å²) in [6.45, 7) is 0.225. The Morgan fingerprint density at radius 1 is 1.10 bits per heavy atom. The number of hydrogen-bond donors (Lipinski definition) is 2. The van der Waals surface area contributed by atoms with E-state index in [1.807, 2.05) is 48.7 Å². The summed E-state index contributed by atoms with van der Waals surface area (Å²) < 4.78 is 16.3. The lowest BCUT2D eigenvalue weighted by atomic mass is 9.97. The molecule has 2 aliphatic heterocycles. The van der Waals surface area contributed by atoms with Gasteiger partial charge in [-0.15, -0.1) is 0 Å². The van der Waals surface area contributed by atoms with Crippen molar-refractivity contribution in [2.24, 2.45) is 4.99 Å². The van der Waals surface area contributed by atoms with Crippen LogP contribution in [0.5, 0.6) is 17.2 Å². The first kappa shape index (κ1) is 19.5. The van der Waals surface area contributed by atoms with Gasteiger partial charge < -0.3 is 25.3 Å². The molecule has 1 aromatic heterocycles. The van der Waals surface area contributed by atoms with E-state index >= 15 is 0 Å². The Morgan fingerprint density at radius 3 is 2.68 bits per heavy atom. The summed E-state index contributed by atoms with van der Waals surface area (Å²) in [5, 5.41) is 4.12. The highest BCUT2D eigenvalue weighted by atomic mass is 32.2. The number of anilines is 2. The maximum Gasteiger partial charge on any atom is 0.231 e. The molecule has 8 nitrogen and oxygen atoms in total. The summed E-state index contributed by atoms with van der Waals surface area (Å²) in [6.07, 6.45) is 2.54. The molecule has 1 atom stereocenters. The van der Waals surface area contributed by atoms with E-state index < -0.39 is 0 Å². The molecule has 5 rings (SSSR count). The maximum atomic E-state index is 6.27. The number of hydrogen-bond acceptors (Lipinski definition) is 9. The van der Waals surface area contributed by atoms with Crippen molar-refractivity contribution >= 4 is 34.8 Å². The molecule has 0 radical (unpaired) electrons. The number of methoxy groups -OCH3 is 1. The van der Waals surface area contributed by atoms with Crippen molar-refractivity contribution in [1.29, 1.82) is 0 Å². The number of fused-ring (bicyclic) bond motifs is 2. The lowest BCUT2D eigenvalue weighted by Gasteiger charge is -2.19. The molecule has 3 heterocycles. The summed E-state index contributed by atoms with van der Waals surface area (Å²) in [5.41, 5.74) is 9.69. The first-order valence-corrected chi connectivity index (χ1v) is 11.0. The van der Waals surface area contributed by atoms with Gasteiger partial charge in [-0.3, -0.25) is 0 Å². The van der Waals surface area contributed by atoms with Gasteiger partial charge in [-0.05, 0) is 47.7 Å². The molecule has 1 unspecified atom stereocenters. The molecule has 0 amide bonds. The average Bonchev–Trinajstić information content (AvgIpc) is 3.18. The van der Waals surface area contributed by atoms with Gasteiger partial charge in [0.25, 0.3) is 0 Å². The number of ether oxygens (including phenoxy) is 3. The van der Waals surface area contributed by atoms with Gasteiger partial charge in [0.1, 0.15) is 11.4 Å². The molecule has 0 fully saturated rings. The van der Waals surface area contributed by atoms with E-state index in [9.17, 15) is 0 Å². The topological polar surface area (TPSA) is 104 Å². The molecule has 0 aliphatic carbocycles. The third-order valence-corrected chi connectivity index (χ3v) is 5.80. The fourth-order valence-electron chi connectivity index (χ4n) is 3.64. The molecular formula is C22H21N5O3S. The molecule has 0 spiro atoms. The van der Waals surface area contributed by atoms with E-state index in [0.717, 1.165) is 28.3 Å². The highest BCUT2D eigenvalue weighted by Crippen LogP contribution is 2.40. The average molecular weight is 436 g/mol. The van der Waals surface area contributed by atoms with Crippen molar-refractivity contribution in [1.82, 2.24) is 9.97 Å². The Hall–Kier alpha value is -3.46. The van der Waals surface area contributed by atoms with Crippen molar-refractivity contribution in [3.8, 4) is 17.2 Å². The van der Waals surface area contributed by atoms with Gasteiger partial charge in [0.05, 0.1) is 18.9 Å². The molecule has 0 bridgehead atoms. The standard InChI is InChI=1S/C22H21N5O3S/c1-28-14-6-3-12(4-7-14)15-10-16(13-5-8-17-18(9-13)30-11-29-17)24-19-20(23)26-22(31-2)27-21(19)25-15/h3-9,15H,10-11H2,1-2H3,(H3,23,25,26,27). The van der Waals surface area contributed by atoms with Crippen molar-refractivity contribution in [2.45, 2.75) is 17.6 Å². The molecular weight excluding hydrogens is 414 g/mol. The second-order valence-electron chi connectivity index (χ2n) is 7.09.